The van der Waals surface area contributed by atoms with Gasteiger partial charge in [-0.3, -0.25) is 0 Å². The van der Waals surface area contributed by atoms with E-state index in [1.807, 2.05) is 6.92 Å². The molecule has 0 fully saturated rings. The van der Waals surface area contributed by atoms with E-state index < -0.39 is 16.4 Å². The number of benzene rings is 2. The number of nitrogens with two attached hydrogens (primary N) is 1. The minimum atomic E-state index is -4.78. The molecule has 0 aliphatic rings. The van der Waals surface area contributed by atoms with E-state index in [2.05, 4.69) is 20.4 Å². The number of aliphatic imine (C=N–C) groups is 1. The summed E-state index contributed by atoms with van der Waals surface area (Å²) in [6, 6.07) is 12.0. The van der Waals surface area contributed by atoms with Gasteiger partial charge in [-0.15, -0.1) is 37.1 Å². The minimum Gasteiger partial charge on any atom is -0.405 e. The van der Waals surface area contributed by atoms with Crippen LogP contribution in [0.25, 0.3) is 0 Å². The standard InChI is InChI=1S/C19H23F3N4O3S.HI/c1-2-24-18(25-12-11-14-7-9-16(10-8-14)30(23,27)28)26-13-15-5-3-4-6-17(15)29-19(20,21)22;/h3-10H,2,11-13H2,1H3,(H2,23,27,28)(H2,24,25,26);1H. The zero-order chi connectivity index (χ0) is 22.2. The monoisotopic (exact) mass is 572 g/mol. The fourth-order valence-electron chi connectivity index (χ4n) is 2.54. The number of nitrogens with zero attached hydrogens (tertiary/aromatic N) is 1. The van der Waals surface area contributed by atoms with Crippen molar-refractivity contribution in [3.63, 3.8) is 0 Å². The van der Waals surface area contributed by atoms with E-state index in [9.17, 15) is 21.6 Å². The Balaban J connectivity index is 0.00000480. The van der Waals surface area contributed by atoms with Crippen LogP contribution in [0.2, 0.25) is 0 Å². The molecular formula is C19H24F3IN4O3S. The molecule has 2 aromatic carbocycles. The van der Waals surface area contributed by atoms with Crippen LogP contribution in [0.15, 0.2) is 58.4 Å². The number of rotatable bonds is 8. The zero-order valence-electron chi connectivity index (χ0n) is 16.6. The van der Waals surface area contributed by atoms with Crippen molar-refractivity contribution in [2.45, 2.75) is 31.1 Å². The van der Waals surface area contributed by atoms with Crippen molar-refractivity contribution in [2.24, 2.45) is 10.1 Å². The molecule has 0 aromatic heterocycles. The van der Waals surface area contributed by atoms with Gasteiger partial charge < -0.3 is 15.4 Å². The molecule has 2 rings (SSSR count). The lowest BCUT2D eigenvalue weighted by Crippen LogP contribution is -2.38. The van der Waals surface area contributed by atoms with Gasteiger partial charge in [0.15, 0.2) is 5.96 Å². The number of primary sulfonamides is 1. The third kappa shape index (κ3) is 9.74. The highest BCUT2D eigenvalue weighted by atomic mass is 127. The highest BCUT2D eigenvalue weighted by Crippen LogP contribution is 2.26. The molecule has 0 aliphatic heterocycles. The Morgan fingerprint density at radius 3 is 2.32 bits per heavy atom. The van der Waals surface area contributed by atoms with Crippen LogP contribution in [0.3, 0.4) is 0 Å². The van der Waals surface area contributed by atoms with Gasteiger partial charge in [-0.2, -0.15) is 0 Å². The molecule has 0 atom stereocenters. The molecule has 0 saturated heterocycles. The van der Waals surface area contributed by atoms with Crippen molar-refractivity contribution in [1.82, 2.24) is 10.6 Å². The fraction of sp³-hybridized carbons (Fsp3) is 0.316. The molecule has 4 N–H and O–H groups in total. The van der Waals surface area contributed by atoms with Crippen molar-refractivity contribution in [2.75, 3.05) is 13.1 Å². The Labute approximate surface area is 196 Å². The summed E-state index contributed by atoms with van der Waals surface area (Å²) in [5.74, 6) is 0.139. The average molecular weight is 572 g/mol. The number of hydrogen-bond acceptors (Lipinski definition) is 4. The van der Waals surface area contributed by atoms with E-state index in [4.69, 9.17) is 5.14 Å². The molecule has 0 saturated carbocycles. The van der Waals surface area contributed by atoms with Crippen LogP contribution in [0, 0.1) is 0 Å². The maximum atomic E-state index is 12.5. The molecule has 2 aromatic rings. The number of halogens is 4. The van der Waals surface area contributed by atoms with Crippen molar-refractivity contribution < 1.29 is 26.3 Å². The smallest absolute Gasteiger partial charge is 0.405 e. The SMILES string of the molecule is CCNC(=NCc1ccccc1OC(F)(F)F)NCCc1ccc(S(N)(=O)=O)cc1.I. The summed E-state index contributed by atoms with van der Waals surface area (Å²) in [7, 11) is -3.74. The number of nitrogens with one attached hydrogen (secondary N) is 2. The number of alkyl halides is 3. The third-order valence-electron chi connectivity index (χ3n) is 3.91. The maximum absolute atomic E-state index is 12.5. The van der Waals surface area contributed by atoms with Gasteiger partial charge in [0, 0.05) is 18.7 Å². The molecule has 12 heteroatoms. The molecule has 0 bridgehead atoms. The number of guanidine groups is 1. The highest BCUT2D eigenvalue weighted by molar-refractivity contribution is 14.0. The molecular weight excluding hydrogens is 548 g/mol. The van der Waals surface area contributed by atoms with Crippen LogP contribution < -0.4 is 20.5 Å². The van der Waals surface area contributed by atoms with E-state index >= 15 is 0 Å². The summed E-state index contributed by atoms with van der Waals surface area (Å²) < 4.78 is 64.2. The van der Waals surface area contributed by atoms with Crippen LogP contribution >= 0.6 is 24.0 Å². The summed E-state index contributed by atoms with van der Waals surface area (Å²) in [6.45, 7) is 2.89. The predicted octanol–water partition coefficient (Wildman–Crippen LogP) is 3.15. The van der Waals surface area contributed by atoms with Crippen LogP contribution in [0.1, 0.15) is 18.1 Å². The first-order valence-electron chi connectivity index (χ1n) is 9.06. The summed E-state index contributed by atoms with van der Waals surface area (Å²) in [5, 5.41) is 11.2. The van der Waals surface area contributed by atoms with Gasteiger partial charge in [-0.05, 0) is 37.1 Å². The summed E-state index contributed by atoms with van der Waals surface area (Å²) in [5.41, 5.74) is 1.18. The number of para-hydroxylation sites is 1. The van der Waals surface area contributed by atoms with Gasteiger partial charge >= 0.3 is 6.36 Å². The second-order valence-electron chi connectivity index (χ2n) is 6.22. The van der Waals surface area contributed by atoms with Crippen LogP contribution in [0.4, 0.5) is 13.2 Å². The van der Waals surface area contributed by atoms with Crippen LogP contribution in [0.5, 0.6) is 5.75 Å². The van der Waals surface area contributed by atoms with E-state index in [-0.39, 0.29) is 41.2 Å². The summed E-state index contributed by atoms with van der Waals surface area (Å²) in [4.78, 5) is 4.34. The second kappa shape index (κ2) is 12.1. The Morgan fingerprint density at radius 1 is 1.10 bits per heavy atom. The van der Waals surface area contributed by atoms with Gasteiger partial charge in [-0.1, -0.05) is 30.3 Å². The van der Waals surface area contributed by atoms with E-state index in [1.165, 1.54) is 30.3 Å². The van der Waals surface area contributed by atoms with Gasteiger partial charge in [-0.25, -0.2) is 18.5 Å². The quantitative estimate of drug-likeness (QED) is 0.256. The first-order valence-corrected chi connectivity index (χ1v) is 10.6. The molecule has 31 heavy (non-hydrogen) atoms. The normalized spacial score (nSPS) is 12.1. The van der Waals surface area contributed by atoms with E-state index in [0.717, 1.165) is 5.56 Å². The third-order valence-corrected chi connectivity index (χ3v) is 4.84. The Kier molecular flexibility index (Phi) is 10.5. The van der Waals surface area contributed by atoms with Gasteiger partial charge in [0.05, 0.1) is 11.4 Å². The zero-order valence-corrected chi connectivity index (χ0v) is 19.8. The highest BCUT2D eigenvalue weighted by Gasteiger charge is 2.31. The summed E-state index contributed by atoms with van der Waals surface area (Å²) >= 11 is 0. The molecule has 0 radical (unpaired) electrons. The second-order valence-corrected chi connectivity index (χ2v) is 7.78. The number of sulfonamides is 1. The van der Waals surface area contributed by atoms with Gasteiger partial charge in [0.2, 0.25) is 10.0 Å². The molecule has 0 amide bonds. The topological polar surface area (TPSA) is 106 Å². The van der Waals surface area contributed by atoms with Gasteiger partial charge in [0.1, 0.15) is 5.75 Å². The number of hydrogen-bond donors (Lipinski definition) is 3. The molecule has 172 valence electrons. The molecule has 0 heterocycles. The fourth-order valence-corrected chi connectivity index (χ4v) is 3.05. The summed E-state index contributed by atoms with van der Waals surface area (Å²) in [6.07, 6.45) is -4.20. The van der Waals surface area contributed by atoms with Crippen molar-refractivity contribution in [3.05, 3.63) is 59.7 Å². The molecule has 0 unspecified atom stereocenters. The molecule has 0 spiro atoms. The van der Waals surface area contributed by atoms with E-state index in [0.29, 0.717) is 31.0 Å². The Morgan fingerprint density at radius 2 is 1.74 bits per heavy atom. The predicted molar refractivity (Wildman–Crippen MR) is 123 cm³/mol. The molecule has 0 aliphatic carbocycles. The van der Waals surface area contributed by atoms with Crippen LogP contribution in [-0.4, -0.2) is 33.8 Å². The average Bonchev–Trinajstić information content (AvgIpc) is 2.65. The largest absolute Gasteiger partial charge is 0.573 e. The minimum absolute atomic E-state index is 0. The lowest BCUT2D eigenvalue weighted by atomic mass is 10.1. The lowest BCUT2D eigenvalue weighted by Gasteiger charge is -2.14. The Hall–Kier alpha value is -2.06. The van der Waals surface area contributed by atoms with Gasteiger partial charge in [0.25, 0.3) is 0 Å². The van der Waals surface area contributed by atoms with Crippen molar-refractivity contribution >= 4 is 40.0 Å². The van der Waals surface area contributed by atoms with Crippen LogP contribution in [-0.2, 0) is 23.0 Å². The lowest BCUT2D eigenvalue weighted by molar-refractivity contribution is -0.274. The first-order chi connectivity index (χ1) is 14.1. The van der Waals surface area contributed by atoms with Crippen molar-refractivity contribution in [1.29, 1.82) is 0 Å². The van der Waals surface area contributed by atoms with E-state index in [1.54, 1.807) is 18.2 Å². The molecule has 7 nitrogen and oxygen atoms in total. The number of ether oxygens (including phenoxy) is 1. The first kappa shape index (κ1) is 27.0. The maximum Gasteiger partial charge on any atom is 0.573 e. The Bertz CT molecular complexity index is 968. The van der Waals surface area contributed by atoms with Crippen molar-refractivity contribution in [3.8, 4) is 5.75 Å².